The summed E-state index contributed by atoms with van der Waals surface area (Å²) >= 11 is 0. The van der Waals surface area contributed by atoms with E-state index >= 15 is 0 Å². The van der Waals surface area contributed by atoms with Crippen molar-refractivity contribution in [3.8, 4) is 33.7 Å². The molecule has 0 spiro atoms. The van der Waals surface area contributed by atoms with E-state index in [-0.39, 0.29) is 0 Å². The number of oxazole rings is 1. The van der Waals surface area contributed by atoms with Crippen LogP contribution in [-0.2, 0) is 0 Å². The van der Waals surface area contributed by atoms with Crippen LogP contribution in [-0.4, -0.2) is 4.98 Å². The molecule has 0 amide bonds. The largest absolute Gasteiger partial charge is 0.456 e. The average Bonchev–Trinajstić information content (AvgIpc) is 3.78. The number of hydrogen-bond donors (Lipinski definition) is 0. The molecule has 10 aromatic rings. The quantitative estimate of drug-likeness (QED) is 0.179. The lowest BCUT2D eigenvalue weighted by Gasteiger charge is -2.28. The van der Waals surface area contributed by atoms with Crippen LogP contribution in [0, 0.1) is 0 Å². The number of fused-ring (bicyclic) bond motifs is 5. The van der Waals surface area contributed by atoms with Crippen LogP contribution in [0.25, 0.3) is 77.5 Å². The number of rotatable bonds is 6. The molecule has 2 aromatic heterocycles. The summed E-state index contributed by atoms with van der Waals surface area (Å²) in [6, 6.07) is 63.6. The Balaban J connectivity index is 1.14. The average molecular weight is 655 g/mol. The zero-order valence-electron chi connectivity index (χ0n) is 27.5. The minimum atomic E-state index is 0.596. The SMILES string of the molecule is c1ccc(-c2nc3cc4oc5ccc(N(c6ccc(-c7cccc8ccccc78)cc6)c6ccccc6-c6ccccc6)cc5c4cc3o2)cc1. The highest BCUT2D eigenvalue weighted by atomic mass is 16.4. The monoisotopic (exact) mass is 654 g/mol. The Kier molecular flexibility index (Phi) is 6.78. The van der Waals surface area contributed by atoms with E-state index in [9.17, 15) is 0 Å². The third kappa shape index (κ3) is 5.04. The summed E-state index contributed by atoms with van der Waals surface area (Å²) in [4.78, 5) is 7.12. The molecule has 0 aliphatic carbocycles. The van der Waals surface area contributed by atoms with Gasteiger partial charge in [-0.05, 0) is 82.1 Å². The second-order valence-electron chi connectivity index (χ2n) is 12.8. The highest BCUT2D eigenvalue weighted by Crippen LogP contribution is 2.44. The van der Waals surface area contributed by atoms with E-state index < -0.39 is 0 Å². The van der Waals surface area contributed by atoms with Gasteiger partial charge < -0.3 is 13.7 Å². The second kappa shape index (κ2) is 11.9. The van der Waals surface area contributed by atoms with Crippen LogP contribution < -0.4 is 4.90 Å². The van der Waals surface area contributed by atoms with Gasteiger partial charge in [0.15, 0.2) is 5.58 Å². The molecule has 0 aliphatic rings. The van der Waals surface area contributed by atoms with Gasteiger partial charge in [0.2, 0.25) is 5.89 Å². The first kappa shape index (κ1) is 29.0. The lowest BCUT2D eigenvalue weighted by atomic mass is 9.97. The van der Waals surface area contributed by atoms with Crippen LogP contribution in [0.5, 0.6) is 0 Å². The van der Waals surface area contributed by atoms with Crippen molar-refractivity contribution < 1.29 is 8.83 Å². The van der Waals surface area contributed by atoms with Crippen LogP contribution in [0.15, 0.2) is 191 Å². The molecule has 4 heteroatoms. The van der Waals surface area contributed by atoms with E-state index in [2.05, 4.69) is 150 Å². The van der Waals surface area contributed by atoms with Gasteiger partial charge in [0.05, 0.1) is 5.69 Å². The van der Waals surface area contributed by atoms with Gasteiger partial charge in [0.25, 0.3) is 0 Å². The topological polar surface area (TPSA) is 42.4 Å². The van der Waals surface area contributed by atoms with Gasteiger partial charge >= 0.3 is 0 Å². The smallest absolute Gasteiger partial charge is 0.227 e. The fourth-order valence-electron chi connectivity index (χ4n) is 7.25. The molecular weight excluding hydrogens is 625 g/mol. The molecule has 10 rings (SSSR count). The molecule has 2 heterocycles. The third-order valence-corrected chi connectivity index (χ3v) is 9.70. The van der Waals surface area contributed by atoms with Gasteiger partial charge in [-0.3, -0.25) is 0 Å². The van der Waals surface area contributed by atoms with Crippen molar-refractivity contribution in [1.82, 2.24) is 4.98 Å². The van der Waals surface area contributed by atoms with Gasteiger partial charge in [-0.15, -0.1) is 0 Å². The molecule has 0 unspecified atom stereocenters. The van der Waals surface area contributed by atoms with Crippen LogP contribution >= 0.6 is 0 Å². The first-order chi connectivity index (χ1) is 25.3. The molecule has 0 bridgehead atoms. The molecular formula is C47H30N2O2. The number of para-hydroxylation sites is 1. The summed E-state index contributed by atoms with van der Waals surface area (Å²) in [6.07, 6.45) is 0. The molecule has 0 atom stereocenters. The number of benzene rings is 8. The molecule has 8 aromatic carbocycles. The number of anilines is 3. The van der Waals surface area contributed by atoms with Crippen LogP contribution in [0.2, 0.25) is 0 Å². The predicted octanol–water partition coefficient (Wildman–Crippen LogP) is 13.4. The summed E-state index contributed by atoms with van der Waals surface area (Å²) in [7, 11) is 0. The van der Waals surface area contributed by atoms with Gasteiger partial charge in [-0.25, -0.2) is 4.98 Å². The Bertz CT molecular complexity index is 2850. The van der Waals surface area contributed by atoms with Crippen molar-refractivity contribution in [1.29, 1.82) is 0 Å². The van der Waals surface area contributed by atoms with Crippen molar-refractivity contribution >= 4 is 60.9 Å². The van der Waals surface area contributed by atoms with Crippen molar-refractivity contribution in [2.75, 3.05) is 4.90 Å². The Hall–Kier alpha value is -6.91. The maximum atomic E-state index is 6.41. The summed E-state index contributed by atoms with van der Waals surface area (Å²) in [6.45, 7) is 0. The zero-order valence-corrected chi connectivity index (χ0v) is 27.5. The third-order valence-electron chi connectivity index (χ3n) is 9.70. The van der Waals surface area contributed by atoms with Gasteiger partial charge in [0, 0.05) is 39.3 Å². The van der Waals surface area contributed by atoms with Gasteiger partial charge in [-0.2, -0.15) is 0 Å². The van der Waals surface area contributed by atoms with E-state index in [1.807, 2.05) is 36.4 Å². The second-order valence-corrected chi connectivity index (χ2v) is 12.8. The Morgan fingerprint density at radius 1 is 0.392 bits per heavy atom. The highest BCUT2D eigenvalue weighted by Gasteiger charge is 2.20. The minimum absolute atomic E-state index is 0.596. The molecule has 240 valence electrons. The minimum Gasteiger partial charge on any atom is -0.456 e. The number of aromatic nitrogens is 1. The fourth-order valence-corrected chi connectivity index (χ4v) is 7.25. The van der Waals surface area contributed by atoms with E-state index in [0.717, 1.165) is 66.8 Å². The maximum Gasteiger partial charge on any atom is 0.227 e. The molecule has 0 radical (unpaired) electrons. The molecule has 0 aliphatic heterocycles. The molecule has 0 saturated heterocycles. The zero-order chi connectivity index (χ0) is 33.7. The summed E-state index contributed by atoms with van der Waals surface area (Å²) in [5.74, 6) is 0.596. The number of nitrogens with zero attached hydrogens (tertiary/aromatic N) is 2. The Labute approximate surface area is 294 Å². The molecule has 51 heavy (non-hydrogen) atoms. The summed E-state index contributed by atoms with van der Waals surface area (Å²) in [5, 5.41) is 4.47. The predicted molar refractivity (Wildman–Crippen MR) is 210 cm³/mol. The van der Waals surface area contributed by atoms with Gasteiger partial charge in [-0.1, -0.05) is 121 Å². The van der Waals surface area contributed by atoms with Crippen LogP contribution in [0.1, 0.15) is 0 Å². The summed E-state index contributed by atoms with van der Waals surface area (Å²) < 4.78 is 12.7. The number of furan rings is 1. The molecule has 0 saturated carbocycles. The van der Waals surface area contributed by atoms with E-state index in [1.165, 1.54) is 21.9 Å². The van der Waals surface area contributed by atoms with Crippen molar-refractivity contribution in [2.45, 2.75) is 0 Å². The van der Waals surface area contributed by atoms with Crippen LogP contribution in [0.3, 0.4) is 0 Å². The first-order valence-corrected chi connectivity index (χ1v) is 17.1. The fraction of sp³-hybridized carbons (Fsp3) is 0. The van der Waals surface area contributed by atoms with Gasteiger partial charge in [0.1, 0.15) is 16.7 Å². The maximum absolute atomic E-state index is 6.41. The highest BCUT2D eigenvalue weighted by molar-refractivity contribution is 6.10. The van der Waals surface area contributed by atoms with Crippen molar-refractivity contribution in [3.05, 3.63) is 182 Å². The van der Waals surface area contributed by atoms with Crippen molar-refractivity contribution in [3.63, 3.8) is 0 Å². The standard InChI is InChI=1S/C47H30N2O2/c1-3-12-32(13-4-1)39-19-9-10-21-43(39)49(35-24-22-33(23-25-35)38-20-11-17-31-14-7-8-18-37(31)38)36-26-27-44-40(28-36)41-29-46-42(30-45(41)50-44)48-47(51-46)34-15-5-2-6-16-34/h1-30H. The first-order valence-electron chi connectivity index (χ1n) is 17.1. The summed E-state index contributed by atoms with van der Waals surface area (Å²) in [5.41, 5.74) is 11.9. The van der Waals surface area contributed by atoms with Crippen molar-refractivity contribution in [2.24, 2.45) is 0 Å². The van der Waals surface area contributed by atoms with Crippen LogP contribution in [0.4, 0.5) is 17.1 Å². The molecule has 0 fully saturated rings. The molecule has 0 N–H and O–H groups in total. The lowest BCUT2D eigenvalue weighted by Crippen LogP contribution is -2.11. The van der Waals surface area contributed by atoms with E-state index in [4.69, 9.17) is 13.8 Å². The normalized spacial score (nSPS) is 11.5. The van der Waals surface area contributed by atoms with E-state index in [0.29, 0.717) is 5.89 Å². The molecule has 4 nitrogen and oxygen atoms in total. The number of hydrogen-bond acceptors (Lipinski definition) is 4. The Morgan fingerprint density at radius 2 is 1.04 bits per heavy atom. The lowest BCUT2D eigenvalue weighted by molar-refractivity contribution is 0.620. The van der Waals surface area contributed by atoms with E-state index in [1.54, 1.807) is 0 Å². The Morgan fingerprint density at radius 3 is 1.88 bits per heavy atom.